The lowest BCUT2D eigenvalue weighted by molar-refractivity contribution is -0.122. The fourth-order valence-electron chi connectivity index (χ4n) is 2.73. The summed E-state index contributed by atoms with van der Waals surface area (Å²) in [7, 11) is 0. The lowest BCUT2D eigenvalue weighted by Crippen LogP contribution is -2.31. The molecule has 2 amide bonds. The molecule has 4 rings (SSSR count). The molecule has 0 saturated carbocycles. The number of carbonyl (C=O) groups is 2. The third-order valence-electron chi connectivity index (χ3n) is 4.09. The second-order valence-corrected chi connectivity index (χ2v) is 7.66. The van der Waals surface area contributed by atoms with Crippen LogP contribution in [0.2, 0.25) is 0 Å². The van der Waals surface area contributed by atoms with Gasteiger partial charge in [0, 0.05) is 13.0 Å². The molecule has 28 heavy (non-hydrogen) atoms. The van der Waals surface area contributed by atoms with Gasteiger partial charge in [0.05, 0.1) is 10.6 Å². The van der Waals surface area contributed by atoms with Crippen LogP contribution >= 0.6 is 24.0 Å². The van der Waals surface area contributed by atoms with E-state index in [0.717, 1.165) is 5.56 Å². The quantitative estimate of drug-likeness (QED) is 0.509. The first-order valence-corrected chi connectivity index (χ1v) is 9.66. The Bertz CT molecular complexity index is 1090. The van der Waals surface area contributed by atoms with Gasteiger partial charge in [-0.1, -0.05) is 60.4 Å². The van der Waals surface area contributed by atoms with E-state index in [0.29, 0.717) is 25.9 Å². The molecule has 7 nitrogen and oxygen atoms in total. The third-order valence-corrected chi connectivity index (χ3v) is 5.47. The van der Waals surface area contributed by atoms with Gasteiger partial charge in [-0.2, -0.15) is 0 Å². The van der Waals surface area contributed by atoms with Crippen LogP contribution in [-0.4, -0.2) is 37.9 Å². The van der Waals surface area contributed by atoms with E-state index < -0.39 is 0 Å². The zero-order valence-corrected chi connectivity index (χ0v) is 16.1. The minimum absolute atomic E-state index is 0.104. The van der Waals surface area contributed by atoms with Crippen LogP contribution in [0.1, 0.15) is 12.0 Å². The number of hydrogen-bond donors (Lipinski definition) is 1. The number of carbonyl (C=O) groups excluding carboxylic acids is 2. The van der Waals surface area contributed by atoms with Gasteiger partial charge < -0.3 is 5.32 Å². The molecule has 1 saturated heterocycles. The van der Waals surface area contributed by atoms with Crippen molar-refractivity contribution in [1.82, 2.24) is 15.2 Å². The van der Waals surface area contributed by atoms with E-state index in [9.17, 15) is 9.59 Å². The number of thioether (sulfide) groups is 1. The highest BCUT2D eigenvalue weighted by Crippen LogP contribution is 2.32. The van der Waals surface area contributed by atoms with Crippen LogP contribution in [0.4, 0.5) is 5.69 Å². The monoisotopic (exact) mass is 410 g/mol. The molecule has 0 radical (unpaired) electrons. The largest absolute Gasteiger partial charge is 0.324 e. The molecular weight excluding hydrogens is 396 g/mol. The van der Waals surface area contributed by atoms with Gasteiger partial charge in [-0.3, -0.25) is 14.5 Å². The predicted molar refractivity (Wildman–Crippen MR) is 111 cm³/mol. The Morgan fingerprint density at radius 3 is 2.82 bits per heavy atom. The summed E-state index contributed by atoms with van der Waals surface area (Å²) in [6.07, 6.45) is 1.91. The number of rotatable bonds is 5. The molecule has 0 atom stereocenters. The van der Waals surface area contributed by atoms with Crippen molar-refractivity contribution in [3.63, 3.8) is 0 Å². The van der Waals surface area contributed by atoms with Crippen LogP contribution in [0, 0.1) is 0 Å². The van der Waals surface area contributed by atoms with Crippen LogP contribution < -0.4 is 5.32 Å². The van der Waals surface area contributed by atoms with Crippen molar-refractivity contribution in [2.24, 2.45) is 0 Å². The maximum absolute atomic E-state index is 12.6. The van der Waals surface area contributed by atoms with Gasteiger partial charge in [0.15, 0.2) is 5.52 Å². The van der Waals surface area contributed by atoms with E-state index in [4.69, 9.17) is 12.2 Å². The fourth-order valence-corrected chi connectivity index (χ4v) is 4.04. The highest BCUT2D eigenvalue weighted by molar-refractivity contribution is 8.26. The van der Waals surface area contributed by atoms with Gasteiger partial charge in [-0.05, 0) is 34.1 Å². The summed E-state index contributed by atoms with van der Waals surface area (Å²) in [5.41, 5.74) is 2.47. The normalized spacial score (nSPS) is 15.6. The van der Waals surface area contributed by atoms with E-state index in [2.05, 4.69) is 20.3 Å². The van der Waals surface area contributed by atoms with Crippen molar-refractivity contribution >= 4 is 62.9 Å². The molecule has 1 aromatic heterocycles. The Morgan fingerprint density at radius 2 is 2.00 bits per heavy atom. The number of nitrogens with zero attached hydrogens (tertiary/aromatic N) is 3. The zero-order chi connectivity index (χ0) is 19.5. The first-order chi connectivity index (χ1) is 13.6. The second kappa shape index (κ2) is 7.91. The van der Waals surface area contributed by atoms with Crippen LogP contribution in [0.5, 0.6) is 0 Å². The number of hydrogen-bond acceptors (Lipinski definition) is 7. The molecule has 0 bridgehead atoms. The number of thiocarbonyl (C=S) groups is 1. The molecule has 0 aliphatic carbocycles. The molecule has 1 fully saturated rings. The number of amides is 2. The lowest BCUT2D eigenvalue weighted by atomic mass is 10.2. The topological polar surface area (TPSA) is 88.3 Å². The average molecular weight is 410 g/mol. The molecule has 2 heterocycles. The van der Waals surface area contributed by atoms with Gasteiger partial charge in [0.1, 0.15) is 9.84 Å². The first-order valence-electron chi connectivity index (χ1n) is 8.43. The van der Waals surface area contributed by atoms with Crippen LogP contribution in [0.3, 0.4) is 0 Å². The van der Waals surface area contributed by atoms with E-state index in [1.54, 1.807) is 24.3 Å². The highest BCUT2D eigenvalue weighted by atomic mass is 32.2. The summed E-state index contributed by atoms with van der Waals surface area (Å²) < 4.78 is 5.13. The second-order valence-electron chi connectivity index (χ2n) is 5.98. The van der Waals surface area contributed by atoms with Gasteiger partial charge >= 0.3 is 0 Å². The van der Waals surface area contributed by atoms with Crippen LogP contribution in [0.15, 0.2) is 58.1 Å². The Morgan fingerprint density at radius 1 is 1.18 bits per heavy atom. The van der Waals surface area contributed by atoms with Crippen LogP contribution in [0.25, 0.3) is 17.1 Å². The van der Waals surface area contributed by atoms with Gasteiger partial charge in [0.2, 0.25) is 5.91 Å². The van der Waals surface area contributed by atoms with Crippen molar-refractivity contribution in [3.8, 4) is 0 Å². The van der Waals surface area contributed by atoms with Crippen molar-refractivity contribution in [3.05, 3.63) is 59.0 Å². The minimum atomic E-state index is -0.253. The zero-order valence-electron chi connectivity index (χ0n) is 14.5. The standard InChI is InChI=1S/C19H14N4O3S2/c24-16(20-13-7-4-8-14-17(13)22-26-21-14)9-10-23-18(25)15(28-19(23)27)11-12-5-2-1-3-6-12/h1-8,11H,9-10H2,(H,20,24)/b15-11-. The molecule has 9 heteroatoms. The third kappa shape index (κ3) is 3.80. The molecule has 0 unspecified atom stereocenters. The van der Waals surface area contributed by atoms with Crippen molar-refractivity contribution in [2.75, 3.05) is 11.9 Å². The van der Waals surface area contributed by atoms with Gasteiger partial charge in [-0.25, -0.2) is 4.63 Å². The Labute approximate surface area is 169 Å². The van der Waals surface area contributed by atoms with E-state index in [1.165, 1.54) is 16.7 Å². The molecule has 0 spiro atoms. The van der Waals surface area contributed by atoms with Gasteiger partial charge in [0.25, 0.3) is 5.91 Å². The summed E-state index contributed by atoms with van der Waals surface area (Å²) in [4.78, 5) is 26.9. The Balaban J connectivity index is 1.40. The predicted octanol–water partition coefficient (Wildman–Crippen LogP) is 3.45. The molecule has 1 N–H and O–H groups in total. The smallest absolute Gasteiger partial charge is 0.266 e. The fraction of sp³-hybridized carbons (Fsp3) is 0.105. The van der Waals surface area contributed by atoms with E-state index >= 15 is 0 Å². The number of nitrogens with one attached hydrogen (secondary N) is 1. The molecular formula is C19H14N4O3S2. The Hall–Kier alpha value is -3.04. The molecule has 3 aromatic rings. The number of benzene rings is 2. The molecule has 1 aliphatic heterocycles. The van der Waals surface area contributed by atoms with E-state index in [1.807, 2.05) is 30.3 Å². The summed E-state index contributed by atoms with van der Waals surface area (Å²) in [5, 5.41) is 10.3. The number of aromatic nitrogens is 2. The molecule has 1 aliphatic rings. The van der Waals surface area contributed by atoms with Gasteiger partial charge in [-0.15, -0.1) is 0 Å². The van der Waals surface area contributed by atoms with Crippen LogP contribution in [-0.2, 0) is 9.59 Å². The maximum atomic E-state index is 12.6. The SMILES string of the molecule is O=C(CCN1C(=O)/C(=C/c2ccccc2)SC1=S)Nc1cccc2nonc12. The highest BCUT2D eigenvalue weighted by Gasteiger charge is 2.32. The molecule has 2 aromatic carbocycles. The average Bonchev–Trinajstić information content (AvgIpc) is 3.27. The summed E-state index contributed by atoms with van der Waals surface area (Å²) in [6.45, 7) is 0.204. The number of anilines is 1. The lowest BCUT2D eigenvalue weighted by Gasteiger charge is -2.14. The Kier molecular flexibility index (Phi) is 5.18. The minimum Gasteiger partial charge on any atom is -0.324 e. The van der Waals surface area contributed by atoms with Crippen molar-refractivity contribution in [2.45, 2.75) is 6.42 Å². The summed E-state index contributed by atoms with van der Waals surface area (Å²) in [6, 6.07) is 14.8. The van der Waals surface area contributed by atoms with Crippen molar-refractivity contribution < 1.29 is 14.2 Å². The number of fused-ring (bicyclic) bond motifs is 1. The molecule has 140 valence electrons. The first kappa shape index (κ1) is 18.3. The summed E-state index contributed by atoms with van der Waals surface area (Å²) in [5.74, 6) is -0.439. The summed E-state index contributed by atoms with van der Waals surface area (Å²) >= 11 is 6.55. The van der Waals surface area contributed by atoms with Crippen molar-refractivity contribution in [1.29, 1.82) is 0 Å². The maximum Gasteiger partial charge on any atom is 0.266 e. The van der Waals surface area contributed by atoms with E-state index in [-0.39, 0.29) is 24.8 Å².